The van der Waals surface area contributed by atoms with Crippen LogP contribution in [-0.4, -0.2) is 4.98 Å². The van der Waals surface area contributed by atoms with Crippen LogP contribution in [0.25, 0.3) is 0 Å². The molecule has 0 amide bonds. The van der Waals surface area contributed by atoms with Gasteiger partial charge in [-0.3, -0.25) is 0 Å². The quantitative estimate of drug-likeness (QED) is 0.262. The smallest absolute Gasteiger partial charge is 0.400 e. The molecule has 10 heavy (non-hydrogen) atoms. The molecule has 6 heteroatoms. The Balaban J connectivity index is 3.28. The topological polar surface area (TPSA) is 39.8 Å². The highest BCUT2D eigenvalue weighted by atomic mass is 35.5. The van der Waals surface area contributed by atoms with E-state index in [4.69, 9.17) is 23.2 Å². The van der Waals surface area contributed by atoms with Crippen molar-refractivity contribution in [2.75, 3.05) is 0 Å². The molecule has 0 atom stereocenters. The van der Waals surface area contributed by atoms with Crippen molar-refractivity contribution in [3.8, 4) is 0 Å². The first kappa shape index (κ1) is 7.50. The van der Waals surface area contributed by atoms with Gasteiger partial charge in [0, 0.05) is 11.6 Å². The number of rotatable bonds is 0. The minimum absolute atomic E-state index is 0.0861. The van der Waals surface area contributed by atoms with Crippen LogP contribution in [0.1, 0.15) is 0 Å². The third-order valence-electron chi connectivity index (χ3n) is 0.800. The zero-order valence-corrected chi connectivity index (χ0v) is 6.03. The van der Waals surface area contributed by atoms with Gasteiger partial charge in [-0.05, 0) is 16.6 Å². The van der Waals surface area contributed by atoms with E-state index in [1.807, 2.05) is 0 Å². The second kappa shape index (κ2) is 2.56. The second-order valence-electron chi connectivity index (χ2n) is 1.47. The van der Waals surface area contributed by atoms with E-state index in [9.17, 15) is 9.60 Å². The summed E-state index contributed by atoms with van der Waals surface area (Å²) in [6.45, 7) is 0. The maximum atomic E-state index is 12.3. The van der Waals surface area contributed by atoms with Gasteiger partial charge in [0.25, 0.3) is 5.15 Å². The lowest BCUT2D eigenvalue weighted by molar-refractivity contribution is -0.608. The molecule has 0 unspecified atom stereocenters. The van der Waals surface area contributed by atoms with Crippen molar-refractivity contribution in [2.24, 2.45) is 0 Å². The van der Waals surface area contributed by atoms with Gasteiger partial charge in [0.2, 0.25) is 5.82 Å². The van der Waals surface area contributed by atoms with E-state index in [-0.39, 0.29) is 4.73 Å². The van der Waals surface area contributed by atoms with Gasteiger partial charge in [0.15, 0.2) is 0 Å². The van der Waals surface area contributed by atoms with Crippen LogP contribution in [0.15, 0.2) is 6.20 Å². The fourth-order valence-electron chi connectivity index (χ4n) is 0.393. The van der Waals surface area contributed by atoms with Crippen molar-refractivity contribution in [3.05, 3.63) is 27.7 Å². The third-order valence-corrected chi connectivity index (χ3v) is 1.32. The number of aromatic nitrogens is 2. The first-order chi connectivity index (χ1) is 4.61. The number of hydrogen-bond acceptors (Lipinski definition) is 2. The average Bonchev–Trinajstić information content (AvgIpc) is 1.84. The highest BCUT2D eigenvalue weighted by Crippen LogP contribution is 2.09. The lowest BCUT2D eigenvalue weighted by atomic mass is 10.6. The van der Waals surface area contributed by atoms with E-state index in [1.54, 1.807) is 0 Å². The second-order valence-corrected chi connectivity index (χ2v) is 2.17. The van der Waals surface area contributed by atoms with Crippen molar-refractivity contribution in [1.29, 1.82) is 0 Å². The van der Waals surface area contributed by atoms with Crippen LogP contribution in [0.2, 0.25) is 10.4 Å². The highest BCUT2D eigenvalue weighted by Gasteiger charge is 2.12. The number of nitrogens with zero attached hydrogens (tertiary/aromatic N) is 2. The monoisotopic (exact) mass is 182 g/mol. The average molecular weight is 183 g/mol. The largest absolute Gasteiger partial charge is 0.710 e. The molecular weight excluding hydrogens is 182 g/mol. The standard InChI is InChI=1S/C4HCl2FN2O/c5-3-2(7)1-9(10)4(6)8-3/h1H. The first-order valence-corrected chi connectivity index (χ1v) is 2.97. The summed E-state index contributed by atoms with van der Waals surface area (Å²) in [5.41, 5.74) is 0. The molecule has 0 saturated carbocycles. The zero-order valence-electron chi connectivity index (χ0n) is 4.51. The summed E-state index contributed by atoms with van der Waals surface area (Å²) in [6.07, 6.45) is 0.609. The molecule has 0 spiro atoms. The van der Waals surface area contributed by atoms with Gasteiger partial charge in [-0.1, -0.05) is 0 Å². The summed E-state index contributed by atoms with van der Waals surface area (Å²) in [5.74, 6) is -0.888. The lowest BCUT2D eigenvalue weighted by Gasteiger charge is -1.98. The Kier molecular flexibility index (Phi) is 1.92. The van der Waals surface area contributed by atoms with Gasteiger partial charge in [-0.15, -0.1) is 0 Å². The molecule has 0 N–H and O–H groups in total. The summed E-state index contributed by atoms with van der Waals surface area (Å²) >= 11 is 10.3. The molecule has 0 aromatic carbocycles. The Bertz CT molecular complexity index is 217. The van der Waals surface area contributed by atoms with Crippen LogP contribution in [-0.2, 0) is 0 Å². The zero-order chi connectivity index (χ0) is 7.72. The van der Waals surface area contributed by atoms with Gasteiger partial charge in [0.1, 0.15) is 6.20 Å². The fourth-order valence-corrected chi connectivity index (χ4v) is 0.699. The molecule has 1 rings (SSSR count). The number of hydrogen-bond donors (Lipinski definition) is 0. The van der Waals surface area contributed by atoms with E-state index < -0.39 is 16.3 Å². The van der Waals surface area contributed by atoms with Crippen LogP contribution in [0, 0.1) is 11.0 Å². The van der Waals surface area contributed by atoms with Gasteiger partial charge in [-0.2, -0.15) is 4.39 Å². The molecule has 3 nitrogen and oxygen atoms in total. The molecule has 54 valence electrons. The molecule has 1 aromatic heterocycles. The van der Waals surface area contributed by atoms with Crippen molar-refractivity contribution in [1.82, 2.24) is 4.98 Å². The van der Waals surface area contributed by atoms with Crippen molar-refractivity contribution in [2.45, 2.75) is 0 Å². The van der Waals surface area contributed by atoms with E-state index in [2.05, 4.69) is 4.98 Å². The van der Waals surface area contributed by atoms with Crippen LogP contribution >= 0.6 is 23.2 Å². The molecule has 1 heterocycles. The minimum Gasteiger partial charge on any atom is -0.710 e. The predicted molar refractivity (Wildman–Crippen MR) is 33.2 cm³/mol. The molecule has 0 saturated heterocycles. The molecule has 0 aliphatic carbocycles. The van der Waals surface area contributed by atoms with Crippen molar-refractivity contribution >= 4 is 23.2 Å². The number of halogens is 3. The molecule has 0 aliphatic rings. The van der Waals surface area contributed by atoms with Gasteiger partial charge >= 0.3 is 5.28 Å². The third kappa shape index (κ3) is 1.27. The van der Waals surface area contributed by atoms with Crippen LogP contribution < -0.4 is 4.73 Å². The van der Waals surface area contributed by atoms with Crippen LogP contribution in [0.5, 0.6) is 0 Å². The summed E-state index contributed by atoms with van der Waals surface area (Å²) < 4.78 is 12.4. The van der Waals surface area contributed by atoms with E-state index in [0.29, 0.717) is 6.20 Å². The molecule has 0 bridgehead atoms. The normalized spacial score (nSPS) is 9.90. The SMILES string of the molecule is [O-][n+]1cc(F)c(Cl)nc1Cl. The van der Waals surface area contributed by atoms with Crippen LogP contribution in [0.3, 0.4) is 0 Å². The van der Waals surface area contributed by atoms with E-state index >= 15 is 0 Å². The Hall–Kier alpha value is -0.610. The Morgan fingerprint density at radius 3 is 2.70 bits per heavy atom. The van der Waals surface area contributed by atoms with Crippen molar-refractivity contribution in [3.63, 3.8) is 0 Å². The predicted octanol–water partition coefficient (Wildman–Crippen LogP) is 1.16. The Morgan fingerprint density at radius 1 is 1.60 bits per heavy atom. The van der Waals surface area contributed by atoms with Crippen LogP contribution in [0.4, 0.5) is 4.39 Å². The highest BCUT2D eigenvalue weighted by molar-refractivity contribution is 6.31. The Morgan fingerprint density at radius 2 is 2.20 bits per heavy atom. The molecule has 0 aliphatic heterocycles. The van der Waals surface area contributed by atoms with Crippen molar-refractivity contribution < 1.29 is 9.12 Å². The van der Waals surface area contributed by atoms with E-state index in [0.717, 1.165) is 0 Å². The maximum Gasteiger partial charge on any atom is 0.400 e. The minimum atomic E-state index is -0.888. The maximum absolute atomic E-state index is 12.3. The summed E-state index contributed by atoms with van der Waals surface area (Å²) in [6, 6.07) is 0. The lowest BCUT2D eigenvalue weighted by Crippen LogP contribution is -2.29. The fraction of sp³-hybridized carbons (Fsp3) is 0. The first-order valence-electron chi connectivity index (χ1n) is 2.22. The van der Waals surface area contributed by atoms with Gasteiger partial charge < -0.3 is 5.21 Å². The molecule has 1 aromatic rings. The van der Waals surface area contributed by atoms with Gasteiger partial charge in [0.05, 0.1) is 0 Å². The molecule has 0 radical (unpaired) electrons. The van der Waals surface area contributed by atoms with Gasteiger partial charge in [-0.25, -0.2) is 4.73 Å². The Labute approximate surface area is 65.6 Å². The molecular formula is C4HCl2FN2O. The molecule has 0 fully saturated rings. The summed E-state index contributed by atoms with van der Waals surface area (Å²) in [5, 5.41) is 9.61. The van der Waals surface area contributed by atoms with E-state index in [1.165, 1.54) is 0 Å². The summed E-state index contributed by atoms with van der Waals surface area (Å²) in [4.78, 5) is 3.18. The summed E-state index contributed by atoms with van der Waals surface area (Å²) in [7, 11) is 0.